The number of amides is 1. The normalized spacial score (nSPS) is 12.0. The highest BCUT2D eigenvalue weighted by molar-refractivity contribution is 9.10. The van der Waals surface area contributed by atoms with Gasteiger partial charge in [0, 0.05) is 6.20 Å². The van der Waals surface area contributed by atoms with E-state index in [4.69, 9.17) is 16.7 Å². The Kier molecular flexibility index (Phi) is 5.20. The summed E-state index contributed by atoms with van der Waals surface area (Å²) in [7, 11) is 0. The second kappa shape index (κ2) is 6.93. The molecule has 2 aromatic rings. The molecule has 0 radical (unpaired) electrons. The van der Waals surface area contributed by atoms with Gasteiger partial charge in [-0.3, -0.25) is 9.48 Å². The zero-order chi connectivity index (χ0) is 16.3. The molecule has 1 atom stereocenters. The molecule has 0 fully saturated rings. The Balaban J connectivity index is 2.07. The molecule has 0 spiro atoms. The van der Waals surface area contributed by atoms with Crippen LogP contribution in [0.4, 0.5) is 5.69 Å². The summed E-state index contributed by atoms with van der Waals surface area (Å²) in [6.45, 7) is 2.15. The van der Waals surface area contributed by atoms with E-state index in [0.717, 1.165) is 4.47 Å². The Morgan fingerprint density at radius 2 is 2.23 bits per heavy atom. The van der Waals surface area contributed by atoms with Crippen LogP contribution in [0.1, 0.15) is 17.3 Å². The van der Waals surface area contributed by atoms with Gasteiger partial charge in [0.1, 0.15) is 0 Å². The molecule has 2 N–H and O–H groups in total. The Morgan fingerprint density at radius 1 is 1.50 bits per heavy atom. The molecular weight excluding hydrogens is 374 g/mol. The zero-order valence-electron chi connectivity index (χ0n) is 11.6. The SMILES string of the molecule is C[C@H](Cn1cc(Br)cn1)C(=O)Nc1cc(C(=O)O)ccc1Cl. The van der Waals surface area contributed by atoms with Crippen LogP contribution < -0.4 is 5.32 Å². The van der Waals surface area contributed by atoms with Crippen molar-refractivity contribution < 1.29 is 14.7 Å². The maximum atomic E-state index is 12.2. The van der Waals surface area contributed by atoms with E-state index in [1.807, 2.05) is 0 Å². The topological polar surface area (TPSA) is 84.2 Å². The van der Waals surface area contributed by atoms with Crippen LogP contribution in [-0.4, -0.2) is 26.8 Å². The monoisotopic (exact) mass is 385 g/mol. The number of hydrogen-bond donors (Lipinski definition) is 2. The number of carboxylic acid groups (broad SMARTS) is 1. The Hall–Kier alpha value is -1.86. The first-order chi connectivity index (χ1) is 10.4. The molecule has 8 heteroatoms. The van der Waals surface area contributed by atoms with Crippen molar-refractivity contribution in [1.82, 2.24) is 9.78 Å². The maximum absolute atomic E-state index is 12.2. The number of carbonyl (C=O) groups excluding carboxylic acids is 1. The van der Waals surface area contributed by atoms with Gasteiger partial charge in [0.25, 0.3) is 0 Å². The molecule has 0 aliphatic heterocycles. The van der Waals surface area contributed by atoms with Crippen molar-refractivity contribution >= 4 is 45.1 Å². The molecule has 1 aromatic heterocycles. The number of hydrogen-bond acceptors (Lipinski definition) is 3. The van der Waals surface area contributed by atoms with Gasteiger partial charge in [-0.05, 0) is 34.1 Å². The highest BCUT2D eigenvalue weighted by Gasteiger charge is 2.16. The van der Waals surface area contributed by atoms with Crippen LogP contribution in [0.2, 0.25) is 5.02 Å². The number of nitrogens with zero attached hydrogens (tertiary/aromatic N) is 2. The summed E-state index contributed by atoms with van der Waals surface area (Å²) in [6, 6.07) is 4.15. The molecule has 0 unspecified atom stereocenters. The van der Waals surface area contributed by atoms with E-state index in [-0.39, 0.29) is 28.1 Å². The van der Waals surface area contributed by atoms with Crippen LogP contribution >= 0.6 is 27.5 Å². The second-order valence-electron chi connectivity index (χ2n) is 4.77. The van der Waals surface area contributed by atoms with Gasteiger partial charge in [0.2, 0.25) is 5.91 Å². The average Bonchev–Trinajstić information content (AvgIpc) is 2.86. The first-order valence-corrected chi connectivity index (χ1v) is 7.55. The summed E-state index contributed by atoms with van der Waals surface area (Å²) in [5.74, 6) is -1.71. The first-order valence-electron chi connectivity index (χ1n) is 6.38. The van der Waals surface area contributed by atoms with Gasteiger partial charge in [-0.2, -0.15) is 5.10 Å². The number of benzene rings is 1. The van der Waals surface area contributed by atoms with E-state index in [0.29, 0.717) is 6.54 Å². The number of halogens is 2. The third kappa shape index (κ3) is 4.08. The van der Waals surface area contributed by atoms with E-state index in [1.54, 1.807) is 24.0 Å². The number of aromatic carboxylic acids is 1. The van der Waals surface area contributed by atoms with E-state index in [9.17, 15) is 9.59 Å². The fourth-order valence-corrected chi connectivity index (χ4v) is 2.30. The molecule has 2 rings (SSSR count). The molecule has 1 amide bonds. The fraction of sp³-hybridized carbons (Fsp3) is 0.214. The second-order valence-corrected chi connectivity index (χ2v) is 6.09. The maximum Gasteiger partial charge on any atom is 0.335 e. The zero-order valence-corrected chi connectivity index (χ0v) is 13.9. The number of carbonyl (C=O) groups is 2. The molecule has 1 aromatic carbocycles. The molecule has 0 aliphatic carbocycles. The lowest BCUT2D eigenvalue weighted by Crippen LogP contribution is -2.24. The smallest absolute Gasteiger partial charge is 0.335 e. The molecule has 0 bridgehead atoms. The van der Waals surface area contributed by atoms with Crippen LogP contribution in [0.15, 0.2) is 35.1 Å². The largest absolute Gasteiger partial charge is 0.478 e. The van der Waals surface area contributed by atoms with E-state index < -0.39 is 5.97 Å². The molecule has 1 heterocycles. The van der Waals surface area contributed by atoms with Crippen molar-refractivity contribution in [3.63, 3.8) is 0 Å². The minimum absolute atomic E-state index is 0.0587. The highest BCUT2D eigenvalue weighted by Crippen LogP contribution is 2.24. The van der Waals surface area contributed by atoms with Crippen molar-refractivity contribution in [3.05, 3.63) is 45.7 Å². The van der Waals surface area contributed by atoms with Gasteiger partial charge in [0.15, 0.2) is 0 Å². The third-order valence-electron chi connectivity index (χ3n) is 2.98. The Bertz CT molecular complexity index is 717. The van der Waals surface area contributed by atoms with Crippen LogP contribution in [-0.2, 0) is 11.3 Å². The predicted molar refractivity (Wildman–Crippen MR) is 86.1 cm³/mol. The van der Waals surface area contributed by atoms with Crippen molar-refractivity contribution in [2.75, 3.05) is 5.32 Å². The van der Waals surface area contributed by atoms with Crippen LogP contribution in [0.3, 0.4) is 0 Å². The minimum Gasteiger partial charge on any atom is -0.478 e. The number of rotatable bonds is 5. The average molecular weight is 387 g/mol. The van der Waals surface area contributed by atoms with Crippen molar-refractivity contribution in [1.29, 1.82) is 0 Å². The van der Waals surface area contributed by atoms with E-state index >= 15 is 0 Å². The first kappa shape index (κ1) is 16.5. The molecule has 6 nitrogen and oxygen atoms in total. The molecule has 0 saturated heterocycles. The lowest BCUT2D eigenvalue weighted by atomic mass is 10.1. The summed E-state index contributed by atoms with van der Waals surface area (Å²) in [5.41, 5.74) is 0.337. The Morgan fingerprint density at radius 3 is 2.82 bits per heavy atom. The third-order valence-corrected chi connectivity index (χ3v) is 3.72. The van der Waals surface area contributed by atoms with Gasteiger partial charge >= 0.3 is 5.97 Å². The predicted octanol–water partition coefficient (Wildman–Crippen LogP) is 3.27. The molecular formula is C14H13BrClN3O3. The van der Waals surface area contributed by atoms with Gasteiger partial charge in [0.05, 0.1) is 39.4 Å². The Labute approximate surface area is 140 Å². The fourth-order valence-electron chi connectivity index (χ4n) is 1.81. The minimum atomic E-state index is -1.08. The molecule has 0 saturated carbocycles. The van der Waals surface area contributed by atoms with E-state index in [2.05, 4.69) is 26.3 Å². The number of nitrogens with one attached hydrogen (secondary N) is 1. The van der Waals surface area contributed by atoms with Gasteiger partial charge < -0.3 is 10.4 Å². The molecule has 116 valence electrons. The van der Waals surface area contributed by atoms with Crippen molar-refractivity contribution in [2.45, 2.75) is 13.5 Å². The lowest BCUT2D eigenvalue weighted by Gasteiger charge is -2.13. The standard InChI is InChI=1S/C14H13BrClN3O3/c1-8(6-19-7-10(15)5-17-19)13(20)18-12-4-9(14(21)22)2-3-11(12)16/h2-5,7-8H,6H2,1H3,(H,18,20)(H,21,22)/t8-/m1/s1. The summed E-state index contributed by atoms with van der Waals surface area (Å²) < 4.78 is 2.47. The van der Waals surface area contributed by atoms with Crippen LogP contribution in [0, 0.1) is 5.92 Å². The summed E-state index contributed by atoms with van der Waals surface area (Å²) in [5, 5.41) is 16.0. The number of carboxylic acids is 1. The van der Waals surface area contributed by atoms with Crippen molar-refractivity contribution in [3.8, 4) is 0 Å². The molecule has 22 heavy (non-hydrogen) atoms. The summed E-state index contributed by atoms with van der Waals surface area (Å²) in [6.07, 6.45) is 3.40. The lowest BCUT2D eigenvalue weighted by molar-refractivity contribution is -0.119. The van der Waals surface area contributed by atoms with Gasteiger partial charge in [-0.25, -0.2) is 4.79 Å². The summed E-state index contributed by atoms with van der Waals surface area (Å²) >= 11 is 9.27. The van der Waals surface area contributed by atoms with Gasteiger partial charge in [-0.1, -0.05) is 18.5 Å². The van der Waals surface area contributed by atoms with Gasteiger partial charge in [-0.15, -0.1) is 0 Å². The number of anilines is 1. The van der Waals surface area contributed by atoms with Crippen molar-refractivity contribution in [2.24, 2.45) is 5.92 Å². The number of aromatic nitrogens is 2. The van der Waals surface area contributed by atoms with Crippen LogP contribution in [0.5, 0.6) is 0 Å². The summed E-state index contributed by atoms with van der Waals surface area (Å²) in [4.78, 5) is 23.1. The molecule has 0 aliphatic rings. The quantitative estimate of drug-likeness (QED) is 0.826. The van der Waals surface area contributed by atoms with Crippen LogP contribution in [0.25, 0.3) is 0 Å². The highest BCUT2D eigenvalue weighted by atomic mass is 79.9. The van der Waals surface area contributed by atoms with E-state index in [1.165, 1.54) is 18.2 Å².